The second-order valence-corrected chi connectivity index (χ2v) is 7.19. The molecule has 0 radical (unpaired) electrons. The normalized spacial score (nSPS) is 11.0. The largest absolute Gasteiger partial charge is 0.416 e. The molecule has 0 atom stereocenters. The van der Waals surface area contributed by atoms with E-state index in [9.17, 15) is 18.0 Å². The van der Waals surface area contributed by atoms with Crippen LogP contribution in [-0.2, 0) is 6.18 Å². The number of hydrogen-bond acceptors (Lipinski definition) is 4. The van der Waals surface area contributed by atoms with E-state index in [-0.39, 0.29) is 16.1 Å². The Bertz CT molecular complexity index is 909. The lowest BCUT2D eigenvalue weighted by molar-refractivity contribution is -0.137. The number of alkyl halides is 3. The fraction of sp³-hybridized carbons (Fsp3) is 0.235. The summed E-state index contributed by atoms with van der Waals surface area (Å²) in [6.07, 6.45) is -4.64. The second-order valence-electron chi connectivity index (χ2n) is 5.98. The van der Waals surface area contributed by atoms with Gasteiger partial charge in [-0.3, -0.25) is 5.01 Å². The van der Waals surface area contributed by atoms with Gasteiger partial charge >= 0.3 is 12.2 Å². The highest BCUT2D eigenvalue weighted by Gasteiger charge is 2.33. The zero-order valence-corrected chi connectivity index (χ0v) is 17.8. The number of benzene rings is 1. The molecule has 1 aromatic heterocycles. The van der Waals surface area contributed by atoms with Gasteiger partial charge in [0.05, 0.1) is 5.56 Å². The molecule has 29 heavy (non-hydrogen) atoms. The Morgan fingerprint density at radius 2 is 1.69 bits per heavy atom. The summed E-state index contributed by atoms with van der Waals surface area (Å²) < 4.78 is 39.4. The summed E-state index contributed by atoms with van der Waals surface area (Å²) in [5.41, 5.74) is -0.479. The zero-order valence-electron chi connectivity index (χ0n) is 15.5. The van der Waals surface area contributed by atoms with Crippen molar-refractivity contribution in [1.82, 2.24) is 14.9 Å². The van der Waals surface area contributed by atoms with E-state index in [2.05, 4.69) is 10.3 Å². The van der Waals surface area contributed by atoms with Gasteiger partial charge in [-0.1, -0.05) is 23.2 Å². The fourth-order valence-electron chi connectivity index (χ4n) is 2.17. The van der Waals surface area contributed by atoms with Crippen molar-refractivity contribution >= 4 is 58.1 Å². The molecule has 1 aromatic carbocycles. The third-order valence-corrected chi connectivity index (χ3v) is 4.31. The molecule has 0 unspecified atom stereocenters. The Morgan fingerprint density at radius 1 is 1.10 bits per heavy atom. The van der Waals surface area contributed by atoms with Crippen LogP contribution >= 0.6 is 35.4 Å². The highest BCUT2D eigenvalue weighted by Crippen LogP contribution is 2.33. The molecule has 1 N–H and O–H groups in total. The molecule has 2 aromatic rings. The number of anilines is 2. The Balaban J connectivity index is 2.41. The van der Waals surface area contributed by atoms with Gasteiger partial charge in [0, 0.05) is 31.9 Å². The first-order chi connectivity index (χ1) is 13.4. The van der Waals surface area contributed by atoms with E-state index in [1.54, 1.807) is 24.3 Å². The molecule has 0 bridgehead atoms. The summed E-state index contributed by atoms with van der Waals surface area (Å²) in [4.78, 5) is 17.8. The van der Waals surface area contributed by atoms with Gasteiger partial charge in [0.2, 0.25) is 5.11 Å². The summed E-state index contributed by atoms with van der Waals surface area (Å²) in [5.74, 6) is -0.222. The van der Waals surface area contributed by atoms with Crippen LogP contribution in [0.4, 0.5) is 29.5 Å². The van der Waals surface area contributed by atoms with E-state index in [0.717, 1.165) is 16.1 Å². The van der Waals surface area contributed by atoms with Crippen LogP contribution < -0.4 is 10.3 Å². The summed E-state index contributed by atoms with van der Waals surface area (Å²) in [7, 11) is 4.29. The van der Waals surface area contributed by atoms with Crippen molar-refractivity contribution in [2.24, 2.45) is 0 Å². The predicted molar refractivity (Wildman–Crippen MR) is 111 cm³/mol. The molecule has 0 saturated heterocycles. The van der Waals surface area contributed by atoms with Crippen LogP contribution in [-0.4, -0.2) is 47.2 Å². The molecule has 0 aliphatic rings. The number of thiocarbonyl (C=S) groups is 1. The lowest BCUT2D eigenvalue weighted by atomic mass is 10.2. The van der Waals surface area contributed by atoms with Gasteiger partial charge in [-0.15, -0.1) is 0 Å². The standard InChI is InChI=1S/C17H16Cl2F3N5OS/c1-25(2)16(28)27(15(29)23-12-6-4-11(18)5-7-12)26(3)14-9-10(17(20,21)22)8-13(19)24-14/h4-9H,1-3H3,(H,23,29). The van der Waals surface area contributed by atoms with Crippen LogP contribution in [0.5, 0.6) is 0 Å². The number of aromatic nitrogens is 1. The fourth-order valence-corrected chi connectivity index (χ4v) is 2.81. The van der Waals surface area contributed by atoms with Crippen molar-refractivity contribution in [1.29, 1.82) is 0 Å². The number of carbonyl (C=O) groups excluding carboxylic acids is 1. The van der Waals surface area contributed by atoms with Gasteiger partial charge in [-0.2, -0.15) is 18.2 Å². The van der Waals surface area contributed by atoms with Crippen molar-refractivity contribution in [3.63, 3.8) is 0 Å². The average molecular weight is 466 g/mol. The Kier molecular flexibility index (Phi) is 7.15. The number of urea groups is 1. The van der Waals surface area contributed by atoms with E-state index in [4.69, 9.17) is 35.4 Å². The van der Waals surface area contributed by atoms with E-state index in [1.165, 1.54) is 26.0 Å². The highest BCUT2D eigenvalue weighted by molar-refractivity contribution is 7.80. The first kappa shape index (κ1) is 23.0. The minimum absolute atomic E-state index is 0.0937. The highest BCUT2D eigenvalue weighted by atomic mass is 35.5. The molecule has 156 valence electrons. The summed E-state index contributed by atoms with van der Waals surface area (Å²) in [5, 5.41) is 4.91. The molecule has 0 saturated carbocycles. The van der Waals surface area contributed by atoms with Crippen LogP contribution in [0.2, 0.25) is 10.2 Å². The molecular weight excluding hydrogens is 450 g/mol. The van der Waals surface area contributed by atoms with Crippen LogP contribution in [0.1, 0.15) is 5.56 Å². The van der Waals surface area contributed by atoms with Crippen molar-refractivity contribution in [2.45, 2.75) is 6.18 Å². The monoisotopic (exact) mass is 465 g/mol. The first-order valence-corrected chi connectivity index (χ1v) is 9.13. The zero-order chi connectivity index (χ0) is 21.9. The maximum Gasteiger partial charge on any atom is 0.416 e. The van der Waals surface area contributed by atoms with Gasteiger partial charge < -0.3 is 10.2 Å². The molecule has 1 heterocycles. The summed E-state index contributed by atoms with van der Waals surface area (Å²) in [6.45, 7) is 0. The first-order valence-electron chi connectivity index (χ1n) is 7.96. The number of nitrogens with zero attached hydrogens (tertiary/aromatic N) is 4. The summed E-state index contributed by atoms with van der Waals surface area (Å²) >= 11 is 16.9. The van der Waals surface area contributed by atoms with Crippen LogP contribution in [0.25, 0.3) is 0 Å². The maximum atomic E-state index is 13.1. The van der Waals surface area contributed by atoms with Crippen LogP contribution in [0.3, 0.4) is 0 Å². The van der Waals surface area contributed by atoms with E-state index in [1.807, 2.05) is 0 Å². The predicted octanol–water partition coefficient (Wildman–Crippen LogP) is 5.14. The van der Waals surface area contributed by atoms with Crippen molar-refractivity contribution in [2.75, 3.05) is 31.5 Å². The Hall–Kier alpha value is -2.30. The molecule has 12 heteroatoms. The smallest absolute Gasteiger partial charge is 0.331 e. The van der Waals surface area contributed by atoms with Crippen LogP contribution in [0, 0.1) is 0 Å². The van der Waals surface area contributed by atoms with Gasteiger partial charge in [0.1, 0.15) is 11.0 Å². The topological polar surface area (TPSA) is 51.7 Å². The molecule has 0 aliphatic heterocycles. The van der Waals surface area contributed by atoms with Crippen molar-refractivity contribution in [3.8, 4) is 0 Å². The number of amides is 2. The van der Waals surface area contributed by atoms with Gasteiger partial charge in [-0.05, 0) is 48.6 Å². The van der Waals surface area contributed by atoms with Gasteiger partial charge in [0.15, 0.2) is 0 Å². The number of nitrogens with one attached hydrogen (secondary N) is 1. The van der Waals surface area contributed by atoms with Crippen molar-refractivity contribution < 1.29 is 18.0 Å². The Labute approximate surface area is 180 Å². The SMILES string of the molecule is CN(C)C(=O)N(C(=S)Nc1ccc(Cl)cc1)N(C)c1cc(C(F)(F)F)cc(Cl)n1. The molecule has 0 fully saturated rings. The molecule has 0 spiro atoms. The van der Waals surface area contributed by atoms with Gasteiger partial charge in [-0.25, -0.2) is 9.78 Å². The van der Waals surface area contributed by atoms with Crippen LogP contribution in [0.15, 0.2) is 36.4 Å². The molecule has 6 nitrogen and oxygen atoms in total. The number of carbonyl (C=O) groups is 1. The van der Waals surface area contributed by atoms with Crippen molar-refractivity contribution in [3.05, 3.63) is 52.1 Å². The number of pyridine rings is 1. The van der Waals surface area contributed by atoms with E-state index in [0.29, 0.717) is 16.8 Å². The third-order valence-electron chi connectivity index (χ3n) is 3.59. The average Bonchev–Trinajstić information content (AvgIpc) is 2.62. The lowest BCUT2D eigenvalue weighted by Crippen LogP contribution is -2.54. The molecule has 2 rings (SSSR count). The lowest BCUT2D eigenvalue weighted by Gasteiger charge is -2.34. The van der Waals surface area contributed by atoms with E-state index < -0.39 is 17.8 Å². The molecule has 0 aliphatic carbocycles. The minimum atomic E-state index is -4.64. The summed E-state index contributed by atoms with van der Waals surface area (Å²) in [6, 6.07) is 7.34. The quantitative estimate of drug-likeness (QED) is 0.386. The number of halogens is 5. The number of hydrazine groups is 1. The number of rotatable bonds is 3. The molecular formula is C17H16Cl2F3N5OS. The molecule has 2 amide bonds. The minimum Gasteiger partial charge on any atom is -0.331 e. The maximum absolute atomic E-state index is 13.1. The third kappa shape index (κ3) is 5.84. The Morgan fingerprint density at radius 3 is 2.21 bits per heavy atom. The number of hydrogen-bond donors (Lipinski definition) is 1. The second kappa shape index (κ2) is 9.02. The van der Waals surface area contributed by atoms with E-state index >= 15 is 0 Å². The van der Waals surface area contributed by atoms with Gasteiger partial charge in [0.25, 0.3) is 0 Å².